The Hall–Kier alpha value is -2.06. The molecule has 0 spiro atoms. The first kappa shape index (κ1) is 20.7. The minimum Gasteiger partial charge on any atom is -0.455 e. The van der Waals surface area contributed by atoms with Crippen molar-refractivity contribution in [2.75, 3.05) is 12.4 Å². The van der Waals surface area contributed by atoms with Gasteiger partial charge in [-0.15, -0.1) is 10.2 Å². The highest BCUT2D eigenvalue weighted by Gasteiger charge is 2.29. The second-order valence-corrected chi connectivity index (χ2v) is 8.12. The lowest BCUT2D eigenvalue weighted by molar-refractivity contribution is -0.153. The molecule has 0 aliphatic carbocycles. The number of halogens is 1. The van der Waals surface area contributed by atoms with Gasteiger partial charge in [0.05, 0.1) is 0 Å². The number of likely N-dealkylation sites (tertiary alicyclic amines) is 1. The van der Waals surface area contributed by atoms with Gasteiger partial charge >= 0.3 is 5.97 Å². The second-order valence-electron chi connectivity index (χ2n) is 6.76. The van der Waals surface area contributed by atoms with Gasteiger partial charge < -0.3 is 14.1 Å². The Kier molecular flexibility index (Phi) is 6.96. The van der Waals surface area contributed by atoms with E-state index in [2.05, 4.69) is 10.2 Å². The Morgan fingerprint density at radius 2 is 1.89 bits per heavy atom. The van der Waals surface area contributed by atoms with Crippen LogP contribution in [-0.2, 0) is 14.3 Å². The number of rotatable bonds is 6. The molecule has 3 rings (SSSR count). The molecule has 1 aliphatic rings. The molecule has 1 aliphatic heterocycles. The fourth-order valence-corrected chi connectivity index (χ4v) is 3.96. The second kappa shape index (κ2) is 9.43. The zero-order chi connectivity index (χ0) is 20.1. The molecule has 150 valence electrons. The van der Waals surface area contributed by atoms with Crippen LogP contribution in [0.2, 0.25) is 5.02 Å². The van der Waals surface area contributed by atoms with Crippen LogP contribution in [0.5, 0.6) is 0 Å². The normalized spacial score (nSPS) is 19.5. The highest BCUT2D eigenvalue weighted by molar-refractivity contribution is 7.99. The summed E-state index contributed by atoms with van der Waals surface area (Å²) in [5, 5.41) is 8.73. The molecule has 7 nitrogen and oxygen atoms in total. The summed E-state index contributed by atoms with van der Waals surface area (Å²) in [5.41, 5.74) is 0.738. The van der Waals surface area contributed by atoms with E-state index in [0.717, 1.165) is 36.6 Å². The highest BCUT2D eigenvalue weighted by atomic mass is 35.5. The van der Waals surface area contributed by atoms with Crippen LogP contribution in [0.3, 0.4) is 0 Å². The molecule has 0 radical (unpaired) electrons. The van der Waals surface area contributed by atoms with E-state index in [1.165, 1.54) is 0 Å². The molecule has 2 aromatic rings. The van der Waals surface area contributed by atoms with Crippen LogP contribution in [0.25, 0.3) is 11.5 Å². The summed E-state index contributed by atoms with van der Waals surface area (Å²) in [6.07, 6.45) is 3.07. The lowest BCUT2D eigenvalue weighted by Gasteiger charge is -2.38. The first-order chi connectivity index (χ1) is 13.4. The number of esters is 1. The van der Waals surface area contributed by atoms with Crippen molar-refractivity contribution in [3.63, 3.8) is 0 Å². The van der Waals surface area contributed by atoms with Crippen LogP contribution in [-0.4, -0.2) is 51.4 Å². The van der Waals surface area contributed by atoms with Crippen molar-refractivity contribution in [1.29, 1.82) is 0 Å². The maximum absolute atomic E-state index is 12.4. The van der Waals surface area contributed by atoms with Crippen LogP contribution in [0.1, 0.15) is 33.1 Å². The zero-order valence-corrected chi connectivity index (χ0v) is 17.3. The summed E-state index contributed by atoms with van der Waals surface area (Å²) in [6.45, 7) is 3.81. The number of hydrogen-bond donors (Lipinski definition) is 0. The van der Waals surface area contributed by atoms with Gasteiger partial charge in [-0.05, 0) is 57.4 Å². The van der Waals surface area contributed by atoms with Crippen molar-refractivity contribution in [3.8, 4) is 11.5 Å². The van der Waals surface area contributed by atoms with Gasteiger partial charge in [0.1, 0.15) is 5.75 Å². The number of amides is 1. The van der Waals surface area contributed by atoms with Gasteiger partial charge in [0.15, 0.2) is 6.61 Å². The molecule has 2 heterocycles. The maximum Gasteiger partial charge on any atom is 0.316 e. The summed E-state index contributed by atoms with van der Waals surface area (Å²) in [5.74, 6) is -0.320. The number of benzene rings is 1. The third kappa shape index (κ3) is 5.26. The van der Waals surface area contributed by atoms with E-state index in [1.807, 2.05) is 18.7 Å². The predicted molar refractivity (Wildman–Crippen MR) is 106 cm³/mol. The van der Waals surface area contributed by atoms with Crippen molar-refractivity contribution in [2.45, 2.75) is 50.4 Å². The summed E-state index contributed by atoms with van der Waals surface area (Å²) >= 11 is 6.93. The van der Waals surface area contributed by atoms with Gasteiger partial charge in [0.2, 0.25) is 5.89 Å². The number of hydrogen-bond acceptors (Lipinski definition) is 7. The number of carbonyl (C=O) groups excluding carboxylic acids is 2. The average Bonchev–Trinajstić information content (AvgIpc) is 3.14. The quantitative estimate of drug-likeness (QED) is 0.515. The van der Waals surface area contributed by atoms with Crippen LogP contribution >= 0.6 is 23.4 Å². The predicted octanol–water partition coefficient (Wildman–Crippen LogP) is 3.81. The molecule has 0 N–H and O–H groups in total. The van der Waals surface area contributed by atoms with Gasteiger partial charge in [-0.3, -0.25) is 9.59 Å². The Labute approximate surface area is 172 Å². The SMILES string of the molecule is CC1CCCC(C)N1C(=O)COC(=O)CSc1nnc(-c2ccc(Cl)cc2)o1. The number of ether oxygens (including phenoxy) is 1. The molecule has 1 saturated heterocycles. The van der Waals surface area contributed by atoms with E-state index in [4.69, 9.17) is 20.8 Å². The van der Waals surface area contributed by atoms with Crippen molar-refractivity contribution < 1.29 is 18.7 Å². The van der Waals surface area contributed by atoms with E-state index < -0.39 is 5.97 Å². The van der Waals surface area contributed by atoms with Crippen molar-refractivity contribution in [3.05, 3.63) is 29.3 Å². The molecule has 1 fully saturated rings. The summed E-state index contributed by atoms with van der Waals surface area (Å²) in [7, 11) is 0. The molecular weight excluding hydrogens is 402 g/mol. The van der Waals surface area contributed by atoms with Gasteiger partial charge in [0.25, 0.3) is 11.1 Å². The first-order valence-electron chi connectivity index (χ1n) is 9.13. The van der Waals surface area contributed by atoms with E-state index in [-0.39, 0.29) is 35.6 Å². The molecule has 1 aromatic carbocycles. The lowest BCUT2D eigenvalue weighted by atomic mass is 9.97. The first-order valence-corrected chi connectivity index (χ1v) is 10.5. The van der Waals surface area contributed by atoms with Gasteiger partial charge in [-0.1, -0.05) is 23.4 Å². The molecule has 1 amide bonds. The molecule has 2 atom stereocenters. The van der Waals surface area contributed by atoms with Crippen LogP contribution in [0, 0.1) is 0 Å². The largest absolute Gasteiger partial charge is 0.455 e. The van der Waals surface area contributed by atoms with E-state index >= 15 is 0 Å². The highest BCUT2D eigenvalue weighted by Crippen LogP contribution is 2.25. The standard InChI is InChI=1S/C19H22ClN3O4S/c1-12-4-3-5-13(2)23(12)16(24)10-26-17(25)11-28-19-22-21-18(27-19)14-6-8-15(20)9-7-14/h6-9,12-13H,3-5,10-11H2,1-2H3. The number of carbonyl (C=O) groups is 2. The Morgan fingerprint density at radius 3 is 2.57 bits per heavy atom. The van der Waals surface area contributed by atoms with Crippen molar-refractivity contribution in [2.24, 2.45) is 0 Å². The molecule has 0 bridgehead atoms. The fourth-order valence-electron chi connectivity index (χ4n) is 3.27. The number of thioether (sulfide) groups is 1. The van der Waals surface area contributed by atoms with Gasteiger partial charge in [-0.25, -0.2) is 0 Å². The molecule has 9 heteroatoms. The van der Waals surface area contributed by atoms with E-state index in [1.54, 1.807) is 24.3 Å². The lowest BCUT2D eigenvalue weighted by Crippen LogP contribution is -2.49. The van der Waals surface area contributed by atoms with Crippen molar-refractivity contribution >= 4 is 35.2 Å². The van der Waals surface area contributed by atoms with Gasteiger partial charge in [0, 0.05) is 22.7 Å². The molecule has 2 unspecified atom stereocenters. The summed E-state index contributed by atoms with van der Waals surface area (Å²) in [6, 6.07) is 7.35. The minimum atomic E-state index is -0.498. The van der Waals surface area contributed by atoms with E-state index in [9.17, 15) is 9.59 Å². The van der Waals surface area contributed by atoms with Gasteiger partial charge in [-0.2, -0.15) is 0 Å². The summed E-state index contributed by atoms with van der Waals surface area (Å²) < 4.78 is 10.6. The average molecular weight is 424 g/mol. The zero-order valence-electron chi connectivity index (χ0n) is 15.8. The number of nitrogens with zero attached hydrogens (tertiary/aromatic N) is 3. The topological polar surface area (TPSA) is 85.5 Å². The van der Waals surface area contributed by atoms with Crippen molar-refractivity contribution in [1.82, 2.24) is 15.1 Å². The molecule has 0 saturated carbocycles. The third-order valence-corrected chi connectivity index (χ3v) is 5.69. The third-order valence-electron chi connectivity index (χ3n) is 4.65. The number of aromatic nitrogens is 2. The molecule has 28 heavy (non-hydrogen) atoms. The van der Waals surface area contributed by atoms with Crippen LogP contribution in [0.15, 0.2) is 33.9 Å². The summed E-state index contributed by atoms with van der Waals surface area (Å²) in [4.78, 5) is 26.2. The molecule has 1 aromatic heterocycles. The van der Waals surface area contributed by atoms with Crippen LogP contribution < -0.4 is 0 Å². The monoisotopic (exact) mass is 423 g/mol. The van der Waals surface area contributed by atoms with Crippen LogP contribution in [0.4, 0.5) is 0 Å². The number of piperidine rings is 1. The maximum atomic E-state index is 12.4. The smallest absolute Gasteiger partial charge is 0.316 e. The minimum absolute atomic E-state index is 0.0133. The molecular formula is C19H22ClN3O4S. The Bertz CT molecular complexity index is 817. The van der Waals surface area contributed by atoms with E-state index in [0.29, 0.717) is 10.9 Å². The fraction of sp³-hybridized carbons (Fsp3) is 0.474. The Balaban J connectivity index is 1.45. The Morgan fingerprint density at radius 1 is 1.21 bits per heavy atom.